The molecule has 1 aliphatic carbocycles. The van der Waals surface area contributed by atoms with Crippen LogP contribution in [0.2, 0.25) is 0 Å². The second-order valence-electron chi connectivity index (χ2n) is 8.80. The second kappa shape index (κ2) is 10.3. The van der Waals surface area contributed by atoms with Crippen LogP contribution in [0, 0.1) is 5.92 Å². The number of ether oxygens (including phenoxy) is 3. The van der Waals surface area contributed by atoms with Crippen molar-refractivity contribution in [3.8, 4) is 0 Å². The first-order chi connectivity index (χ1) is 14.4. The van der Waals surface area contributed by atoms with Gasteiger partial charge in [0.25, 0.3) is 0 Å². The minimum absolute atomic E-state index is 0.121. The average Bonchev–Trinajstić information content (AvgIpc) is 2.92. The molecule has 7 nitrogen and oxygen atoms in total. The Labute approximate surface area is 184 Å². The van der Waals surface area contributed by atoms with Crippen molar-refractivity contribution in [3.63, 3.8) is 0 Å². The van der Waals surface area contributed by atoms with Gasteiger partial charge in [-0.3, -0.25) is 9.59 Å². The Morgan fingerprint density at radius 3 is 2.42 bits per heavy atom. The number of hydrogen-bond acceptors (Lipinski definition) is 7. The number of carbonyl (C=O) groups is 3. The molecule has 0 unspecified atom stereocenters. The van der Waals surface area contributed by atoms with Gasteiger partial charge < -0.3 is 19.3 Å². The Bertz CT molecular complexity index is 790. The maximum absolute atomic E-state index is 12.4. The third-order valence-electron chi connectivity index (χ3n) is 6.01. The largest absolute Gasteiger partial charge is 0.459 e. The van der Waals surface area contributed by atoms with E-state index >= 15 is 0 Å². The molecule has 1 aliphatic heterocycles. The molecule has 31 heavy (non-hydrogen) atoms. The molecule has 0 amide bonds. The molecule has 1 N–H and O–H groups in total. The normalized spacial score (nSPS) is 34.4. The monoisotopic (exact) mass is 434 g/mol. The number of allylic oxidation sites excluding steroid dienone is 3. The van der Waals surface area contributed by atoms with Crippen LogP contribution in [0.4, 0.5) is 0 Å². The molecule has 0 aromatic rings. The molecule has 0 bridgehead atoms. The Kier molecular flexibility index (Phi) is 8.23. The van der Waals surface area contributed by atoms with E-state index in [0.29, 0.717) is 12.8 Å². The van der Waals surface area contributed by atoms with E-state index in [1.807, 2.05) is 19.9 Å². The number of carbonyl (C=O) groups excluding carboxylic acids is 3. The summed E-state index contributed by atoms with van der Waals surface area (Å²) in [5, 5.41) is 11.2. The van der Waals surface area contributed by atoms with E-state index < -0.39 is 47.7 Å². The molecule has 172 valence electrons. The van der Waals surface area contributed by atoms with Crippen molar-refractivity contribution >= 4 is 17.9 Å². The van der Waals surface area contributed by atoms with Crippen molar-refractivity contribution in [1.29, 1.82) is 0 Å². The molecule has 0 aromatic heterocycles. The maximum Gasteiger partial charge on any atom is 0.334 e. The van der Waals surface area contributed by atoms with Crippen molar-refractivity contribution in [3.05, 3.63) is 35.5 Å². The first kappa shape index (κ1) is 24.9. The summed E-state index contributed by atoms with van der Waals surface area (Å²) in [5.74, 6) is -2.19. The Morgan fingerprint density at radius 1 is 1.16 bits per heavy atom. The molecule has 0 spiro atoms. The highest BCUT2D eigenvalue weighted by Gasteiger charge is 2.48. The highest BCUT2D eigenvalue weighted by atomic mass is 16.6. The zero-order valence-corrected chi connectivity index (χ0v) is 19.1. The Morgan fingerprint density at radius 2 is 1.81 bits per heavy atom. The minimum Gasteiger partial charge on any atom is -0.459 e. The Balaban J connectivity index is 2.51. The number of aliphatic hydroxyl groups is 1. The van der Waals surface area contributed by atoms with Crippen LogP contribution >= 0.6 is 0 Å². The summed E-state index contributed by atoms with van der Waals surface area (Å²) >= 11 is 0. The Hall–Kier alpha value is -2.41. The van der Waals surface area contributed by atoms with Crippen molar-refractivity contribution in [2.75, 3.05) is 0 Å². The first-order valence-corrected chi connectivity index (χ1v) is 10.7. The zero-order valence-electron chi connectivity index (χ0n) is 19.1. The zero-order chi connectivity index (χ0) is 23.3. The van der Waals surface area contributed by atoms with Crippen LogP contribution in [0.5, 0.6) is 0 Å². The van der Waals surface area contributed by atoms with E-state index in [2.05, 4.69) is 12.7 Å². The lowest BCUT2D eigenvalue weighted by atomic mass is 9.80. The quantitative estimate of drug-likeness (QED) is 0.307. The van der Waals surface area contributed by atoms with E-state index in [9.17, 15) is 19.5 Å². The predicted molar refractivity (Wildman–Crippen MR) is 115 cm³/mol. The summed E-state index contributed by atoms with van der Waals surface area (Å²) in [6, 6.07) is 0. The molecule has 0 radical (unpaired) electrons. The maximum atomic E-state index is 12.4. The summed E-state index contributed by atoms with van der Waals surface area (Å²) in [7, 11) is 0. The highest BCUT2D eigenvalue weighted by molar-refractivity contribution is 5.91. The van der Waals surface area contributed by atoms with Gasteiger partial charge in [-0.25, -0.2) is 4.79 Å². The summed E-state index contributed by atoms with van der Waals surface area (Å²) in [6.45, 7) is 11.9. The van der Waals surface area contributed by atoms with Crippen LogP contribution in [0.1, 0.15) is 66.7 Å². The van der Waals surface area contributed by atoms with Crippen LogP contribution in [0.3, 0.4) is 0 Å². The van der Waals surface area contributed by atoms with Gasteiger partial charge in [-0.2, -0.15) is 0 Å². The molecule has 0 saturated carbocycles. The lowest BCUT2D eigenvalue weighted by molar-refractivity contribution is -0.167. The molecule has 1 saturated heterocycles. The number of esters is 3. The van der Waals surface area contributed by atoms with E-state index in [1.165, 1.54) is 19.4 Å². The van der Waals surface area contributed by atoms with Gasteiger partial charge in [0, 0.05) is 25.3 Å². The lowest BCUT2D eigenvalue weighted by Gasteiger charge is -2.35. The summed E-state index contributed by atoms with van der Waals surface area (Å²) in [5.41, 5.74) is 0.827. The minimum atomic E-state index is -1.33. The van der Waals surface area contributed by atoms with Crippen molar-refractivity contribution < 1.29 is 33.7 Å². The van der Waals surface area contributed by atoms with E-state index in [0.717, 1.165) is 18.4 Å². The van der Waals surface area contributed by atoms with Crippen LogP contribution in [0.15, 0.2) is 35.5 Å². The molecule has 1 heterocycles. The van der Waals surface area contributed by atoms with Crippen LogP contribution < -0.4 is 0 Å². The van der Waals surface area contributed by atoms with Gasteiger partial charge in [0.05, 0.1) is 5.60 Å². The molecule has 7 heteroatoms. The molecular weight excluding hydrogens is 400 g/mol. The topological polar surface area (TPSA) is 99.1 Å². The van der Waals surface area contributed by atoms with E-state index in [-0.39, 0.29) is 12.0 Å². The van der Waals surface area contributed by atoms with Gasteiger partial charge in [-0.15, -0.1) is 0 Å². The SMILES string of the molecule is C=C1C(=O)O[C@@H]2[C@@H]1C[C@H](OC(C)=O)[C@](C)(O)CCC=C(C)CC/C=C(\C)[C@@H]2OC(C)=O. The van der Waals surface area contributed by atoms with Crippen molar-refractivity contribution in [2.45, 2.75) is 90.6 Å². The molecule has 2 rings (SSSR count). The van der Waals surface area contributed by atoms with Crippen LogP contribution in [0.25, 0.3) is 0 Å². The fourth-order valence-corrected chi connectivity index (χ4v) is 4.16. The third-order valence-corrected chi connectivity index (χ3v) is 6.01. The number of rotatable bonds is 2. The van der Waals surface area contributed by atoms with Gasteiger partial charge in [0.1, 0.15) is 6.10 Å². The first-order valence-electron chi connectivity index (χ1n) is 10.7. The summed E-state index contributed by atoms with van der Waals surface area (Å²) in [4.78, 5) is 36.0. The standard InChI is InChI=1S/C24H34O7/c1-14-9-7-11-15(2)21(30-18(5)26)22-19(16(3)23(27)31-22)13-20(29-17(4)25)24(6,28)12-8-10-14/h10-11,19-22,28H,3,7-9,12-13H2,1-2,4-6H3/b14-10?,15-11+/t19-,20+,21+,22-,24-/m1/s1. The summed E-state index contributed by atoms with van der Waals surface area (Å²) in [6.07, 6.45) is 4.24. The fraction of sp³-hybridized carbons (Fsp3) is 0.625. The molecule has 1 fully saturated rings. The van der Waals surface area contributed by atoms with Crippen molar-refractivity contribution in [1.82, 2.24) is 0 Å². The molecule has 2 aliphatic rings. The molecular formula is C24H34O7. The summed E-state index contributed by atoms with van der Waals surface area (Å²) < 4.78 is 16.6. The van der Waals surface area contributed by atoms with Crippen LogP contribution in [-0.4, -0.2) is 46.9 Å². The van der Waals surface area contributed by atoms with Gasteiger partial charge in [0.15, 0.2) is 12.2 Å². The molecule has 0 aromatic carbocycles. The van der Waals surface area contributed by atoms with Gasteiger partial charge >= 0.3 is 17.9 Å². The van der Waals surface area contributed by atoms with Gasteiger partial charge in [-0.05, 0) is 58.4 Å². The number of fused-ring (bicyclic) bond motifs is 1. The van der Waals surface area contributed by atoms with Crippen LogP contribution in [-0.2, 0) is 28.6 Å². The smallest absolute Gasteiger partial charge is 0.334 e. The van der Waals surface area contributed by atoms with Crippen molar-refractivity contribution in [2.24, 2.45) is 5.92 Å². The number of hydrogen-bond donors (Lipinski definition) is 1. The van der Waals surface area contributed by atoms with E-state index in [4.69, 9.17) is 14.2 Å². The molecule has 5 atom stereocenters. The fourth-order valence-electron chi connectivity index (χ4n) is 4.16. The van der Waals surface area contributed by atoms with E-state index in [1.54, 1.807) is 6.92 Å². The highest BCUT2D eigenvalue weighted by Crippen LogP contribution is 2.39. The second-order valence-corrected chi connectivity index (χ2v) is 8.80. The lowest BCUT2D eigenvalue weighted by Crippen LogP contribution is -2.46. The van der Waals surface area contributed by atoms with Gasteiger partial charge in [-0.1, -0.05) is 24.3 Å². The van der Waals surface area contributed by atoms with Gasteiger partial charge in [0.2, 0.25) is 0 Å². The average molecular weight is 435 g/mol. The third kappa shape index (κ3) is 6.53. The predicted octanol–water partition coefficient (Wildman–Crippen LogP) is 3.56.